The van der Waals surface area contributed by atoms with Gasteiger partial charge in [0, 0.05) is 38.0 Å². The Hall–Kier alpha value is -1.13. The molecule has 0 aliphatic carbocycles. The minimum absolute atomic E-state index is 0.00410. The first kappa shape index (κ1) is 13.3. The molecule has 0 bridgehead atoms. The summed E-state index contributed by atoms with van der Waals surface area (Å²) in [5.41, 5.74) is 7.05. The minimum atomic E-state index is -0.0785. The molecule has 1 saturated heterocycles. The van der Waals surface area contributed by atoms with E-state index in [4.69, 9.17) is 10.5 Å². The fourth-order valence-electron chi connectivity index (χ4n) is 2.58. The van der Waals surface area contributed by atoms with Crippen LogP contribution in [-0.2, 0) is 4.74 Å². The van der Waals surface area contributed by atoms with E-state index in [0.29, 0.717) is 0 Å². The van der Waals surface area contributed by atoms with E-state index < -0.39 is 0 Å². The molecule has 1 unspecified atom stereocenters. The zero-order valence-corrected chi connectivity index (χ0v) is 11.5. The van der Waals surface area contributed by atoms with Crippen molar-refractivity contribution in [2.45, 2.75) is 38.3 Å². The number of aromatic nitrogens is 1. The molecule has 0 saturated carbocycles. The number of ether oxygens (including phenoxy) is 1. The first-order chi connectivity index (χ1) is 8.56. The van der Waals surface area contributed by atoms with Gasteiger partial charge in [0.1, 0.15) is 5.82 Å². The lowest BCUT2D eigenvalue weighted by atomic mass is 9.94. The predicted octanol–water partition coefficient (Wildman–Crippen LogP) is 2.11. The lowest BCUT2D eigenvalue weighted by Gasteiger charge is -2.40. The molecule has 2 rings (SSSR count). The van der Waals surface area contributed by atoms with Crippen molar-refractivity contribution in [3.8, 4) is 0 Å². The van der Waals surface area contributed by atoms with Crippen LogP contribution in [0.15, 0.2) is 18.3 Å². The van der Waals surface area contributed by atoms with Gasteiger partial charge in [-0.1, -0.05) is 6.07 Å². The average Bonchev–Trinajstić information content (AvgIpc) is 2.39. The van der Waals surface area contributed by atoms with Crippen LogP contribution in [0, 0.1) is 0 Å². The number of pyridine rings is 1. The summed E-state index contributed by atoms with van der Waals surface area (Å²) in [6.45, 7) is 6.06. The van der Waals surface area contributed by atoms with E-state index in [9.17, 15) is 0 Å². The van der Waals surface area contributed by atoms with Crippen LogP contribution in [0.2, 0.25) is 0 Å². The summed E-state index contributed by atoms with van der Waals surface area (Å²) in [5.74, 6) is 1.01. The van der Waals surface area contributed by atoms with Crippen LogP contribution in [0.1, 0.15) is 38.3 Å². The van der Waals surface area contributed by atoms with Gasteiger partial charge in [0.25, 0.3) is 0 Å². The number of rotatable bonds is 3. The third kappa shape index (κ3) is 2.65. The number of hydrogen-bond donors (Lipinski definition) is 1. The van der Waals surface area contributed by atoms with Crippen molar-refractivity contribution in [3.05, 3.63) is 23.9 Å². The molecule has 100 valence electrons. The lowest BCUT2D eigenvalue weighted by molar-refractivity contribution is -0.00485. The SMILES string of the molecule is COC1(C)CCCN(c2ncccc2[C@H](C)N)C1. The largest absolute Gasteiger partial charge is 0.377 e. The molecule has 0 radical (unpaired) electrons. The van der Waals surface area contributed by atoms with Crippen LogP contribution in [0.3, 0.4) is 0 Å². The topological polar surface area (TPSA) is 51.4 Å². The van der Waals surface area contributed by atoms with Crippen molar-refractivity contribution in [1.29, 1.82) is 0 Å². The number of hydrogen-bond acceptors (Lipinski definition) is 4. The van der Waals surface area contributed by atoms with E-state index >= 15 is 0 Å². The lowest BCUT2D eigenvalue weighted by Crippen LogP contribution is -2.48. The predicted molar refractivity (Wildman–Crippen MR) is 73.7 cm³/mol. The van der Waals surface area contributed by atoms with Crippen molar-refractivity contribution in [3.63, 3.8) is 0 Å². The fourth-order valence-corrected chi connectivity index (χ4v) is 2.58. The fraction of sp³-hybridized carbons (Fsp3) is 0.643. The first-order valence-electron chi connectivity index (χ1n) is 6.56. The van der Waals surface area contributed by atoms with E-state index in [-0.39, 0.29) is 11.6 Å². The quantitative estimate of drug-likeness (QED) is 0.891. The van der Waals surface area contributed by atoms with Crippen molar-refractivity contribution < 1.29 is 4.74 Å². The Balaban J connectivity index is 2.26. The van der Waals surface area contributed by atoms with Gasteiger partial charge in [-0.3, -0.25) is 0 Å². The van der Waals surface area contributed by atoms with Gasteiger partial charge in [0.15, 0.2) is 0 Å². The van der Waals surface area contributed by atoms with Gasteiger partial charge in [-0.05, 0) is 32.8 Å². The molecule has 0 aromatic carbocycles. The van der Waals surface area contributed by atoms with Crippen molar-refractivity contribution in [2.75, 3.05) is 25.1 Å². The molecule has 2 heterocycles. The van der Waals surface area contributed by atoms with Crippen LogP contribution >= 0.6 is 0 Å². The third-order valence-electron chi connectivity index (χ3n) is 3.76. The zero-order chi connectivity index (χ0) is 13.2. The van der Waals surface area contributed by atoms with Crippen LogP contribution in [0.5, 0.6) is 0 Å². The van der Waals surface area contributed by atoms with Gasteiger partial charge >= 0.3 is 0 Å². The Morgan fingerprint density at radius 2 is 2.33 bits per heavy atom. The Bertz CT molecular complexity index is 408. The van der Waals surface area contributed by atoms with Crippen LogP contribution in [-0.4, -0.2) is 30.8 Å². The van der Waals surface area contributed by atoms with Gasteiger partial charge < -0.3 is 15.4 Å². The third-order valence-corrected chi connectivity index (χ3v) is 3.76. The summed E-state index contributed by atoms with van der Waals surface area (Å²) in [4.78, 5) is 6.81. The van der Waals surface area contributed by atoms with E-state index in [2.05, 4.69) is 22.9 Å². The summed E-state index contributed by atoms with van der Waals surface area (Å²) >= 11 is 0. The summed E-state index contributed by atoms with van der Waals surface area (Å²) in [6.07, 6.45) is 4.06. The van der Waals surface area contributed by atoms with Crippen molar-refractivity contribution in [1.82, 2.24) is 4.98 Å². The van der Waals surface area contributed by atoms with Gasteiger partial charge in [-0.15, -0.1) is 0 Å². The smallest absolute Gasteiger partial charge is 0.133 e. The molecule has 0 spiro atoms. The van der Waals surface area contributed by atoms with Crippen molar-refractivity contribution in [2.24, 2.45) is 5.73 Å². The van der Waals surface area contributed by atoms with E-state index in [0.717, 1.165) is 37.3 Å². The highest BCUT2D eigenvalue weighted by Gasteiger charge is 2.32. The maximum atomic E-state index is 6.02. The highest BCUT2D eigenvalue weighted by molar-refractivity contribution is 5.49. The summed E-state index contributed by atoms with van der Waals surface area (Å²) in [5, 5.41) is 0. The summed E-state index contributed by atoms with van der Waals surface area (Å²) in [7, 11) is 1.79. The maximum Gasteiger partial charge on any atom is 0.133 e. The molecule has 1 aliphatic rings. The van der Waals surface area contributed by atoms with Crippen LogP contribution < -0.4 is 10.6 Å². The molecule has 1 aromatic rings. The molecule has 18 heavy (non-hydrogen) atoms. The summed E-state index contributed by atoms with van der Waals surface area (Å²) in [6, 6.07) is 4.01. The summed E-state index contributed by atoms with van der Waals surface area (Å²) < 4.78 is 5.63. The van der Waals surface area contributed by atoms with Gasteiger partial charge in [-0.2, -0.15) is 0 Å². The average molecular weight is 249 g/mol. The van der Waals surface area contributed by atoms with E-state index in [1.165, 1.54) is 0 Å². The second-order valence-electron chi connectivity index (χ2n) is 5.38. The second-order valence-corrected chi connectivity index (χ2v) is 5.38. The van der Waals surface area contributed by atoms with Crippen LogP contribution in [0.4, 0.5) is 5.82 Å². The monoisotopic (exact) mass is 249 g/mol. The molecule has 1 aliphatic heterocycles. The van der Waals surface area contributed by atoms with Gasteiger partial charge in [0.05, 0.1) is 5.60 Å². The van der Waals surface area contributed by atoms with Gasteiger partial charge in [0.2, 0.25) is 0 Å². The van der Waals surface area contributed by atoms with Gasteiger partial charge in [-0.25, -0.2) is 4.98 Å². The highest BCUT2D eigenvalue weighted by Crippen LogP contribution is 2.30. The Labute approximate surface area is 109 Å². The maximum absolute atomic E-state index is 6.02. The molecule has 4 heteroatoms. The molecule has 1 aromatic heterocycles. The Morgan fingerprint density at radius 3 is 3.00 bits per heavy atom. The molecule has 0 amide bonds. The van der Waals surface area contributed by atoms with Crippen LogP contribution in [0.25, 0.3) is 0 Å². The minimum Gasteiger partial charge on any atom is -0.377 e. The van der Waals surface area contributed by atoms with Crippen molar-refractivity contribution >= 4 is 5.82 Å². The molecule has 2 atom stereocenters. The van der Waals surface area contributed by atoms with E-state index in [1.54, 1.807) is 7.11 Å². The number of piperidine rings is 1. The normalized spacial score (nSPS) is 26.1. The molecule has 4 nitrogen and oxygen atoms in total. The molecule has 1 fully saturated rings. The number of methoxy groups -OCH3 is 1. The number of nitrogens with two attached hydrogens (primary N) is 1. The Kier molecular flexibility index (Phi) is 3.88. The molecular weight excluding hydrogens is 226 g/mol. The standard InChI is InChI=1S/C14H23N3O/c1-11(15)12-6-4-8-16-13(12)17-9-5-7-14(2,10-17)18-3/h4,6,8,11H,5,7,9-10,15H2,1-3H3/t11-,14?/m0/s1. The highest BCUT2D eigenvalue weighted by atomic mass is 16.5. The Morgan fingerprint density at radius 1 is 1.56 bits per heavy atom. The van der Waals surface area contributed by atoms with E-state index in [1.807, 2.05) is 19.2 Å². The number of anilines is 1. The second kappa shape index (κ2) is 5.24. The zero-order valence-electron chi connectivity index (χ0n) is 11.5. The molecule has 2 N–H and O–H groups in total. The number of nitrogens with zero attached hydrogens (tertiary/aromatic N) is 2. The first-order valence-corrected chi connectivity index (χ1v) is 6.56. The molecular formula is C14H23N3O.